The van der Waals surface area contributed by atoms with Gasteiger partial charge in [-0.1, -0.05) is 26.0 Å². The Morgan fingerprint density at radius 3 is 2.00 bits per heavy atom. The molecule has 1 aromatic rings. The minimum absolute atomic E-state index is 0.215. The standard InChI is InChI=1S/C6H4BrF.C2H6/c7-5-3-1-2-4-6(5)8;1-2/h1-4H;1-2H3. The van der Waals surface area contributed by atoms with Gasteiger partial charge in [-0.05, 0) is 28.1 Å². The summed E-state index contributed by atoms with van der Waals surface area (Å²) in [5.41, 5.74) is 0. The van der Waals surface area contributed by atoms with Gasteiger partial charge in [0.2, 0.25) is 0 Å². The van der Waals surface area contributed by atoms with E-state index in [1.807, 2.05) is 13.8 Å². The SMILES string of the molecule is CC.Fc1ccccc1Br. The van der Waals surface area contributed by atoms with Crippen LogP contribution in [0.2, 0.25) is 0 Å². The average Bonchev–Trinajstić information content (AvgIpc) is 2.00. The van der Waals surface area contributed by atoms with E-state index in [2.05, 4.69) is 15.9 Å². The summed E-state index contributed by atoms with van der Waals surface area (Å²) in [6.45, 7) is 4.00. The first-order valence-corrected chi connectivity index (χ1v) is 4.00. The van der Waals surface area contributed by atoms with Crippen molar-refractivity contribution in [1.82, 2.24) is 0 Å². The summed E-state index contributed by atoms with van der Waals surface area (Å²) in [6, 6.07) is 6.49. The maximum atomic E-state index is 12.3. The molecule has 1 aromatic carbocycles. The normalized spacial score (nSPS) is 8.00. The van der Waals surface area contributed by atoms with Crippen LogP contribution < -0.4 is 0 Å². The molecule has 0 radical (unpaired) electrons. The molecule has 0 saturated carbocycles. The van der Waals surface area contributed by atoms with E-state index in [-0.39, 0.29) is 5.82 Å². The smallest absolute Gasteiger partial charge is 0.137 e. The Morgan fingerprint density at radius 2 is 1.70 bits per heavy atom. The minimum atomic E-state index is -0.215. The molecule has 0 fully saturated rings. The predicted molar refractivity (Wildman–Crippen MR) is 45.4 cm³/mol. The first kappa shape index (κ1) is 9.63. The van der Waals surface area contributed by atoms with Gasteiger partial charge in [0, 0.05) is 0 Å². The highest BCUT2D eigenvalue weighted by atomic mass is 79.9. The van der Waals surface area contributed by atoms with Gasteiger partial charge in [0.05, 0.1) is 4.47 Å². The minimum Gasteiger partial charge on any atom is -0.206 e. The molecule has 0 aliphatic heterocycles. The Morgan fingerprint density at radius 1 is 1.20 bits per heavy atom. The van der Waals surface area contributed by atoms with Crippen LogP contribution in [0.3, 0.4) is 0 Å². The number of rotatable bonds is 0. The number of halogens is 2. The molecule has 0 spiro atoms. The lowest BCUT2D eigenvalue weighted by atomic mass is 10.4. The fourth-order valence-electron chi connectivity index (χ4n) is 0.439. The summed E-state index contributed by atoms with van der Waals surface area (Å²) in [7, 11) is 0. The van der Waals surface area contributed by atoms with E-state index in [0.717, 1.165) is 0 Å². The zero-order valence-corrected chi connectivity index (χ0v) is 7.65. The van der Waals surface area contributed by atoms with Gasteiger partial charge in [-0.15, -0.1) is 0 Å². The average molecular weight is 205 g/mol. The molecule has 0 aliphatic carbocycles. The lowest BCUT2D eigenvalue weighted by Crippen LogP contribution is -1.70. The molecule has 0 aromatic heterocycles. The molecule has 0 atom stereocenters. The van der Waals surface area contributed by atoms with E-state index in [4.69, 9.17) is 0 Å². The molecule has 0 bridgehead atoms. The van der Waals surface area contributed by atoms with Crippen LogP contribution in [0.5, 0.6) is 0 Å². The first-order valence-electron chi connectivity index (χ1n) is 3.21. The van der Waals surface area contributed by atoms with Gasteiger partial charge in [0.15, 0.2) is 0 Å². The van der Waals surface area contributed by atoms with E-state index in [1.54, 1.807) is 18.2 Å². The van der Waals surface area contributed by atoms with Crippen molar-refractivity contribution in [2.75, 3.05) is 0 Å². The molecular weight excluding hydrogens is 195 g/mol. The molecule has 0 unspecified atom stereocenters. The maximum absolute atomic E-state index is 12.3. The summed E-state index contributed by atoms with van der Waals surface area (Å²) >= 11 is 3.02. The molecule has 0 heterocycles. The second-order valence-electron chi connectivity index (χ2n) is 1.41. The van der Waals surface area contributed by atoms with Crippen molar-refractivity contribution < 1.29 is 4.39 Å². The van der Waals surface area contributed by atoms with Crippen LogP contribution in [-0.2, 0) is 0 Å². The number of hydrogen-bond acceptors (Lipinski definition) is 0. The van der Waals surface area contributed by atoms with Crippen LogP contribution in [0, 0.1) is 5.82 Å². The summed E-state index contributed by atoms with van der Waals surface area (Å²) < 4.78 is 12.8. The third-order valence-electron chi connectivity index (χ3n) is 0.824. The van der Waals surface area contributed by atoms with E-state index in [0.29, 0.717) is 4.47 Å². The lowest BCUT2D eigenvalue weighted by Gasteiger charge is -1.87. The summed E-state index contributed by atoms with van der Waals surface area (Å²) in [5.74, 6) is -0.215. The van der Waals surface area contributed by atoms with Crippen molar-refractivity contribution >= 4 is 15.9 Å². The highest BCUT2D eigenvalue weighted by Crippen LogP contribution is 2.12. The third kappa shape index (κ3) is 2.97. The van der Waals surface area contributed by atoms with Crippen molar-refractivity contribution in [3.05, 3.63) is 34.6 Å². The van der Waals surface area contributed by atoms with Crippen molar-refractivity contribution in [3.63, 3.8) is 0 Å². The molecule has 10 heavy (non-hydrogen) atoms. The zero-order valence-electron chi connectivity index (χ0n) is 6.07. The second-order valence-corrected chi connectivity index (χ2v) is 2.27. The van der Waals surface area contributed by atoms with Crippen LogP contribution in [0.25, 0.3) is 0 Å². The van der Waals surface area contributed by atoms with Crippen molar-refractivity contribution in [3.8, 4) is 0 Å². The van der Waals surface area contributed by atoms with E-state index < -0.39 is 0 Å². The molecular formula is C8H10BrF. The predicted octanol–water partition coefficient (Wildman–Crippen LogP) is 3.61. The Bertz CT molecular complexity index is 165. The fourth-order valence-corrected chi connectivity index (χ4v) is 0.724. The van der Waals surface area contributed by atoms with Gasteiger partial charge >= 0.3 is 0 Å². The van der Waals surface area contributed by atoms with Crippen molar-refractivity contribution in [1.29, 1.82) is 0 Å². The van der Waals surface area contributed by atoms with Crippen molar-refractivity contribution in [2.24, 2.45) is 0 Å². The molecule has 0 nitrogen and oxygen atoms in total. The molecule has 0 N–H and O–H groups in total. The van der Waals surface area contributed by atoms with Gasteiger partial charge in [0.1, 0.15) is 5.82 Å². The van der Waals surface area contributed by atoms with Gasteiger partial charge in [-0.3, -0.25) is 0 Å². The number of benzene rings is 1. The molecule has 1 rings (SSSR count). The quantitative estimate of drug-likeness (QED) is 0.606. The van der Waals surface area contributed by atoms with Crippen LogP contribution in [-0.4, -0.2) is 0 Å². The van der Waals surface area contributed by atoms with Crippen LogP contribution in [0.4, 0.5) is 4.39 Å². The largest absolute Gasteiger partial charge is 0.206 e. The molecule has 2 heteroatoms. The Kier molecular flexibility index (Phi) is 5.22. The Balaban J connectivity index is 0.000000371. The van der Waals surface area contributed by atoms with E-state index in [1.165, 1.54) is 6.07 Å². The van der Waals surface area contributed by atoms with Gasteiger partial charge in [0.25, 0.3) is 0 Å². The monoisotopic (exact) mass is 204 g/mol. The van der Waals surface area contributed by atoms with Gasteiger partial charge in [-0.2, -0.15) is 0 Å². The zero-order chi connectivity index (χ0) is 7.98. The molecule has 0 saturated heterocycles. The van der Waals surface area contributed by atoms with Crippen molar-refractivity contribution in [2.45, 2.75) is 13.8 Å². The fraction of sp³-hybridized carbons (Fsp3) is 0.250. The van der Waals surface area contributed by atoms with E-state index >= 15 is 0 Å². The Hall–Kier alpha value is -0.370. The lowest BCUT2D eigenvalue weighted by molar-refractivity contribution is 0.621. The summed E-state index contributed by atoms with van der Waals surface area (Å²) in [6.07, 6.45) is 0. The highest BCUT2D eigenvalue weighted by molar-refractivity contribution is 9.10. The molecule has 56 valence electrons. The van der Waals surface area contributed by atoms with Crippen LogP contribution >= 0.6 is 15.9 Å². The molecule has 0 amide bonds. The van der Waals surface area contributed by atoms with Gasteiger partial charge in [-0.25, -0.2) is 4.39 Å². The summed E-state index contributed by atoms with van der Waals surface area (Å²) in [4.78, 5) is 0. The topological polar surface area (TPSA) is 0 Å². The Labute approximate surface area is 69.2 Å². The van der Waals surface area contributed by atoms with Crippen LogP contribution in [0.1, 0.15) is 13.8 Å². The third-order valence-corrected chi connectivity index (χ3v) is 1.47. The van der Waals surface area contributed by atoms with Gasteiger partial charge < -0.3 is 0 Å². The number of hydrogen-bond donors (Lipinski definition) is 0. The molecule has 0 aliphatic rings. The second kappa shape index (κ2) is 5.42. The maximum Gasteiger partial charge on any atom is 0.137 e. The van der Waals surface area contributed by atoms with E-state index in [9.17, 15) is 4.39 Å². The summed E-state index contributed by atoms with van der Waals surface area (Å²) in [5, 5.41) is 0. The first-order chi connectivity index (χ1) is 4.80. The highest BCUT2D eigenvalue weighted by Gasteiger charge is 1.90. The van der Waals surface area contributed by atoms with Crippen LogP contribution in [0.15, 0.2) is 28.7 Å².